The van der Waals surface area contributed by atoms with Crippen LogP contribution in [-0.2, 0) is 4.79 Å². The summed E-state index contributed by atoms with van der Waals surface area (Å²) in [4.78, 5) is 22.0. The van der Waals surface area contributed by atoms with E-state index in [2.05, 4.69) is 31.2 Å². The molecule has 1 heterocycles. The van der Waals surface area contributed by atoms with Crippen LogP contribution >= 0.6 is 15.9 Å². The molecule has 0 bridgehead atoms. The number of hydrogen-bond acceptors (Lipinski definition) is 4. The summed E-state index contributed by atoms with van der Waals surface area (Å²) in [5.74, 6) is 1.65. The number of amides is 1. The van der Waals surface area contributed by atoms with Crippen LogP contribution in [0.5, 0.6) is 0 Å². The first-order valence-corrected chi connectivity index (χ1v) is 6.62. The minimum atomic E-state index is -0.318. The van der Waals surface area contributed by atoms with Crippen molar-refractivity contribution in [1.29, 1.82) is 0 Å². The van der Waals surface area contributed by atoms with Crippen LogP contribution in [0.15, 0.2) is 10.7 Å². The summed E-state index contributed by atoms with van der Waals surface area (Å²) in [7, 11) is 3.46. The SMILES string of the molecule is CC(Nc1cc(Br)nc(C(C)C)n1)C(=O)N(C)C. The van der Waals surface area contributed by atoms with Gasteiger partial charge in [-0.3, -0.25) is 4.79 Å². The van der Waals surface area contributed by atoms with Crippen molar-refractivity contribution in [3.05, 3.63) is 16.5 Å². The number of carbonyl (C=O) groups is 1. The van der Waals surface area contributed by atoms with Gasteiger partial charge in [0.1, 0.15) is 22.3 Å². The molecule has 1 amide bonds. The van der Waals surface area contributed by atoms with Crippen molar-refractivity contribution in [2.24, 2.45) is 0 Å². The van der Waals surface area contributed by atoms with Crippen molar-refractivity contribution < 1.29 is 4.79 Å². The summed E-state index contributed by atoms with van der Waals surface area (Å²) >= 11 is 3.35. The van der Waals surface area contributed by atoms with Gasteiger partial charge in [0.05, 0.1) is 0 Å². The minimum Gasteiger partial charge on any atom is -0.358 e. The normalized spacial score (nSPS) is 12.4. The molecule has 5 nitrogen and oxygen atoms in total. The number of carbonyl (C=O) groups excluding carboxylic acids is 1. The van der Waals surface area contributed by atoms with Crippen molar-refractivity contribution in [2.45, 2.75) is 32.7 Å². The first-order chi connectivity index (χ1) is 8.31. The first kappa shape index (κ1) is 14.9. The molecular formula is C12H19BrN4O. The maximum atomic E-state index is 11.8. The average molecular weight is 315 g/mol. The number of halogens is 1. The summed E-state index contributed by atoms with van der Waals surface area (Å²) in [6.07, 6.45) is 0. The molecule has 0 aromatic carbocycles. The lowest BCUT2D eigenvalue weighted by molar-refractivity contribution is -0.129. The third-order valence-electron chi connectivity index (χ3n) is 2.40. The molecule has 1 atom stereocenters. The van der Waals surface area contributed by atoms with Crippen molar-refractivity contribution in [1.82, 2.24) is 14.9 Å². The maximum absolute atomic E-state index is 11.8. The number of nitrogens with one attached hydrogen (secondary N) is 1. The van der Waals surface area contributed by atoms with E-state index in [0.29, 0.717) is 10.4 Å². The molecule has 1 N–H and O–H groups in total. The van der Waals surface area contributed by atoms with E-state index in [1.54, 1.807) is 25.1 Å². The Labute approximate surface area is 116 Å². The van der Waals surface area contributed by atoms with Crippen molar-refractivity contribution >= 4 is 27.7 Å². The quantitative estimate of drug-likeness (QED) is 0.866. The highest BCUT2D eigenvalue weighted by Crippen LogP contribution is 2.18. The van der Waals surface area contributed by atoms with Gasteiger partial charge in [-0.25, -0.2) is 9.97 Å². The van der Waals surface area contributed by atoms with Gasteiger partial charge in [0.15, 0.2) is 0 Å². The highest BCUT2D eigenvalue weighted by atomic mass is 79.9. The zero-order chi connectivity index (χ0) is 13.9. The lowest BCUT2D eigenvalue weighted by Gasteiger charge is -2.19. The van der Waals surface area contributed by atoms with Gasteiger partial charge in [-0.2, -0.15) is 0 Å². The summed E-state index contributed by atoms with van der Waals surface area (Å²) in [5.41, 5.74) is 0. The number of anilines is 1. The zero-order valence-corrected chi connectivity index (χ0v) is 12.9. The second-order valence-electron chi connectivity index (χ2n) is 4.69. The van der Waals surface area contributed by atoms with Crippen molar-refractivity contribution in [3.63, 3.8) is 0 Å². The highest BCUT2D eigenvalue weighted by Gasteiger charge is 2.16. The Balaban J connectivity index is 2.87. The predicted molar refractivity (Wildman–Crippen MR) is 75.6 cm³/mol. The van der Waals surface area contributed by atoms with Crippen LogP contribution in [0, 0.1) is 0 Å². The highest BCUT2D eigenvalue weighted by molar-refractivity contribution is 9.10. The summed E-state index contributed by atoms with van der Waals surface area (Å²) in [6, 6.07) is 1.45. The van der Waals surface area contributed by atoms with E-state index < -0.39 is 0 Å². The molecule has 0 fully saturated rings. The van der Waals surface area contributed by atoms with Gasteiger partial charge in [0, 0.05) is 26.1 Å². The Hall–Kier alpha value is -1.17. The Bertz CT molecular complexity index is 434. The molecule has 1 unspecified atom stereocenters. The Kier molecular flexibility index (Phi) is 5.07. The lowest BCUT2D eigenvalue weighted by atomic mass is 10.2. The minimum absolute atomic E-state index is 0.0100. The van der Waals surface area contributed by atoms with Gasteiger partial charge in [-0.05, 0) is 22.9 Å². The van der Waals surface area contributed by atoms with Crippen LogP contribution in [0.25, 0.3) is 0 Å². The van der Waals surface area contributed by atoms with E-state index in [4.69, 9.17) is 0 Å². The molecule has 1 rings (SSSR count). The molecule has 0 saturated carbocycles. The molecule has 6 heteroatoms. The Morgan fingerprint density at radius 1 is 1.33 bits per heavy atom. The molecule has 0 aliphatic carbocycles. The first-order valence-electron chi connectivity index (χ1n) is 5.83. The summed E-state index contributed by atoms with van der Waals surface area (Å²) in [5, 5.41) is 3.09. The van der Waals surface area contributed by atoms with Crippen LogP contribution in [0.2, 0.25) is 0 Å². The second-order valence-corrected chi connectivity index (χ2v) is 5.50. The Morgan fingerprint density at radius 3 is 2.44 bits per heavy atom. The van der Waals surface area contributed by atoms with Gasteiger partial charge < -0.3 is 10.2 Å². The number of aromatic nitrogens is 2. The van der Waals surface area contributed by atoms with Crippen LogP contribution in [0.4, 0.5) is 5.82 Å². The molecule has 100 valence electrons. The number of nitrogens with zero attached hydrogens (tertiary/aromatic N) is 3. The van der Waals surface area contributed by atoms with Gasteiger partial charge in [-0.15, -0.1) is 0 Å². The van der Waals surface area contributed by atoms with Gasteiger partial charge in [0.25, 0.3) is 0 Å². The molecule has 1 aromatic heterocycles. The molecule has 1 aromatic rings. The van der Waals surface area contributed by atoms with Crippen LogP contribution in [-0.4, -0.2) is 40.9 Å². The van der Waals surface area contributed by atoms with E-state index in [1.807, 2.05) is 20.8 Å². The van der Waals surface area contributed by atoms with Crippen LogP contribution in [0.3, 0.4) is 0 Å². The van der Waals surface area contributed by atoms with Crippen molar-refractivity contribution in [3.8, 4) is 0 Å². The topological polar surface area (TPSA) is 58.1 Å². The standard InChI is InChI=1S/C12H19BrN4O/c1-7(2)11-15-9(13)6-10(16-11)14-8(3)12(18)17(4)5/h6-8H,1-5H3,(H,14,15,16). The van der Waals surface area contributed by atoms with Crippen molar-refractivity contribution in [2.75, 3.05) is 19.4 Å². The maximum Gasteiger partial charge on any atom is 0.244 e. The van der Waals surface area contributed by atoms with Crippen LogP contribution < -0.4 is 5.32 Å². The predicted octanol–water partition coefficient (Wildman–Crippen LogP) is 2.25. The third-order valence-corrected chi connectivity index (χ3v) is 2.81. The smallest absolute Gasteiger partial charge is 0.244 e. The van der Waals surface area contributed by atoms with Gasteiger partial charge >= 0.3 is 0 Å². The summed E-state index contributed by atoms with van der Waals surface area (Å²) < 4.78 is 0.716. The van der Waals surface area contributed by atoms with E-state index in [1.165, 1.54) is 0 Å². The van der Waals surface area contributed by atoms with Gasteiger partial charge in [0.2, 0.25) is 5.91 Å². The molecule has 0 aliphatic rings. The third kappa shape index (κ3) is 3.94. The monoisotopic (exact) mass is 314 g/mol. The number of hydrogen-bond donors (Lipinski definition) is 1. The molecule has 0 radical (unpaired) electrons. The fourth-order valence-corrected chi connectivity index (χ4v) is 1.84. The number of rotatable bonds is 4. The Morgan fingerprint density at radius 2 is 1.94 bits per heavy atom. The average Bonchev–Trinajstić information content (AvgIpc) is 2.26. The molecule has 0 aliphatic heterocycles. The van der Waals surface area contributed by atoms with E-state index in [9.17, 15) is 4.79 Å². The molecule has 0 spiro atoms. The second kappa shape index (κ2) is 6.13. The van der Waals surface area contributed by atoms with E-state index in [-0.39, 0.29) is 17.9 Å². The lowest BCUT2D eigenvalue weighted by Crippen LogP contribution is -2.36. The summed E-state index contributed by atoms with van der Waals surface area (Å²) in [6.45, 7) is 5.87. The molecule has 18 heavy (non-hydrogen) atoms. The molecular weight excluding hydrogens is 296 g/mol. The molecule has 0 saturated heterocycles. The van der Waals surface area contributed by atoms with Crippen LogP contribution in [0.1, 0.15) is 32.5 Å². The largest absolute Gasteiger partial charge is 0.358 e. The fraction of sp³-hybridized carbons (Fsp3) is 0.583. The van der Waals surface area contributed by atoms with E-state index >= 15 is 0 Å². The van der Waals surface area contributed by atoms with E-state index in [0.717, 1.165) is 5.82 Å². The van der Waals surface area contributed by atoms with Gasteiger partial charge in [-0.1, -0.05) is 13.8 Å². The zero-order valence-electron chi connectivity index (χ0n) is 11.4. The number of likely N-dealkylation sites (N-methyl/N-ethyl adjacent to an activating group) is 1. The fourth-order valence-electron chi connectivity index (χ4n) is 1.44.